The largest absolute Gasteiger partial charge is 0.283 e. The van der Waals surface area contributed by atoms with E-state index in [0.29, 0.717) is 19.4 Å². The van der Waals surface area contributed by atoms with Gasteiger partial charge >= 0.3 is 0 Å². The highest BCUT2D eigenvalue weighted by atomic mass is 32.2. The molecule has 0 aromatic rings. The molecule has 1 aliphatic heterocycles. The summed E-state index contributed by atoms with van der Waals surface area (Å²) in [6, 6.07) is 0. The fourth-order valence-electron chi connectivity index (χ4n) is 3.37. The zero-order valence-electron chi connectivity index (χ0n) is 16.6. The maximum Gasteiger partial charge on any atom is 0.229 e. The SMILES string of the molecule is CCCCCC(CCCC)SCCCCCN1C(=O)CCCCC1=O. The van der Waals surface area contributed by atoms with E-state index in [4.69, 9.17) is 0 Å². The number of nitrogens with zero attached hydrogens (tertiary/aromatic N) is 1. The number of hydrogen-bond acceptors (Lipinski definition) is 3. The highest BCUT2D eigenvalue weighted by Crippen LogP contribution is 2.24. The number of likely N-dealkylation sites (tertiary alicyclic amines) is 1. The minimum atomic E-state index is 0.0485. The Labute approximate surface area is 159 Å². The van der Waals surface area contributed by atoms with Crippen LogP contribution in [0.4, 0.5) is 0 Å². The summed E-state index contributed by atoms with van der Waals surface area (Å²) in [7, 11) is 0. The Hall–Kier alpha value is -0.510. The van der Waals surface area contributed by atoms with Gasteiger partial charge in [-0.2, -0.15) is 11.8 Å². The van der Waals surface area contributed by atoms with Gasteiger partial charge in [0.05, 0.1) is 0 Å². The average molecular weight is 370 g/mol. The molecule has 0 bridgehead atoms. The lowest BCUT2D eigenvalue weighted by Crippen LogP contribution is -2.35. The van der Waals surface area contributed by atoms with Gasteiger partial charge in [0.15, 0.2) is 0 Å². The van der Waals surface area contributed by atoms with Crippen LogP contribution in [0.2, 0.25) is 0 Å². The van der Waals surface area contributed by atoms with Crippen molar-refractivity contribution in [2.75, 3.05) is 12.3 Å². The molecule has 2 amide bonds. The molecule has 25 heavy (non-hydrogen) atoms. The van der Waals surface area contributed by atoms with Crippen LogP contribution in [0.3, 0.4) is 0 Å². The third-order valence-corrected chi connectivity index (χ3v) is 6.49. The topological polar surface area (TPSA) is 37.4 Å². The Morgan fingerprint density at radius 3 is 2.12 bits per heavy atom. The van der Waals surface area contributed by atoms with Gasteiger partial charge in [-0.3, -0.25) is 14.5 Å². The van der Waals surface area contributed by atoms with Gasteiger partial charge < -0.3 is 0 Å². The Morgan fingerprint density at radius 2 is 1.48 bits per heavy atom. The molecule has 1 atom stereocenters. The Bertz CT molecular complexity index is 355. The smallest absolute Gasteiger partial charge is 0.229 e. The third-order valence-electron chi connectivity index (χ3n) is 5.02. The van der Waals surface area contributed by atoms with E-state index >= 15 is 0 Å². The molecule has 1 aliphatic rings. The van der Waals surface area contributed by atoms with Gasteiger partial charge in [0, 0.05) is 24.6 Å². The van der Waals surface area contributed by atoms with E-state index in [-0.39, 0.29) is 11.8 Å². The molecule has 1 fully saturated rings. The standard InChI is InChI=1S/C21H39NO2S/c1-3-5-8-14-19(13-6-4-2)25-18-12-7-11-17-22-20(23)15-9-10-16-21(22)24/h19H,3-18H2,1-2H3. The van der Waals surface area contributed by atoms with Crippen LogP contribution in [0.5, 0.6) is 0 Å². The van der Waals surface area contributed by atoms with Crippen LogP contribution in [-0.2, 0) is 9.59 Å². The van der Waals surface area contributed by atoms with Crippen LogP contribution >= 0.6 is 11.8 Å². The molecular weight excluding hydrogens is 330 g/mol. The molecule has 4 heteroatoms. The number of rotatable bonds is 14. The summed E-state index contributed by atoms with van der Waals surface area (Å²) < 4.78 is 0. The quantitative estimate of drug-likeness (QED) is 0.280. The van der Waals surface area contributed by atoms with E-state index in [9.17, 15) is 9.59 Å². The van der Waals surface area contributed by atoms with Crippen LogP contribution < -0.4 is 0 Å². The lowest BCUT2D eigenvalue weighted by molar-refractivity contribution is -0.143. The van der Waals surface area contributed by atoms with Gasteiger partial charge in [-0.05, 0) is 44.3 Å². The predicted molar refractivity (Wildman–Crippen MR) is 109 cm³/mol. The maximum atomic E-state index is 12.0. The van der Waals surface area contributed by atoms with Crippen molar-refractivity contribution in [2.45, 2.75) is 109 Å². The van der Waals surface area contributed by atoms with Gasteiger partial charge in [-0.1, -0.05) is 52.4 Å². The molecule has 0 spiro atoms. The molecule has 1 unspecified atom stereocenters. The second-order valence-corrected chi connectivity index (χ2v) is 8.75. The van der Waals surface area contributed by atoms with Crippen LogP contribution in [0, 0.1) is 0 Å². The Kier molecular flexibility index (Phi) is 13.2. The Balaban J connectivity index is 2.15. The molecule has 1 saturated heterocycles. The van der Waals surface area contributed by atoms with Gasteiger partial charge in [0.1, 0.15) is 0 Å². The number of unbranched alkanes of at least 4 members (excludes halogenated alkanes) is 5. The molecule has 1 heterocycles. The number of imide groups is 1. The summed E-state index contributed by atoms with van der Waals surface area (Å²) in [5.41, 5.74) is 0. The first kappa shape index (κ1) is 22.5. The van der Waals surface area contributed by atoms with Crippen molar-refractivity contribution in [2.24, 2.45) is 0 Å². The minimum absolute atomic E-state index is 0.0485. The third kappa shape index (κ3) is 10.3. The lowest BCUT2D eigenvalue weighted by atomic mass is 10.1. The first-order chi connectivity index (χ1) is 12.2. The summed E-state index contributed by atoms with van der Waals surface area (Å²) in [6.07, 6.45) is 15.6. The number of hydrogen-bond donors (Lipinski definition) is 0. The van der Waals surface area contributed by atoms with Crippen molar-refractivity contribution >= 4 is 23.6 Å². The fourth-order valence-corrected chi connectivity index (χ4v) is 4.75. The second-order valence-electron chi connectivity index (χ2n) is 7.34. The van der Waals surface area contributed by atoms with E-state index in [2.05, 4.69) is 25.6 Å². The van der Waals surface area contributed by atoms with E-state index in [1.807, 2.05) is 0 Å². The van der Waals surface area contributed by atoms with Crippen molar-refractivity contribution in [3.05, 3.63) is 0 Å². The zero-order chi connectivity index (χ0) is 18.3. The van der Waals surface area contributed by atoms with Gasteiger partial charge in [0.2, 0.25) is 11.8 Å². The average Bonchev–Trinajstić information content (AvgIpc) is 2.76. The molecule has 0 aromatic carbocycles. The number of carbonyl (C=O) groups is 2. The van der Waals surface area contributed by atoms with Crippen molar-refractivity contribution in [1.82, 2.24) is 4.90 Å². The monoisotopic (exact) mass is 369 g/mol. The van der Waals surface area contributed by atoms with Crippen LogP contribution in [0.15, 0.2) is 0 Å². The molecule has 0 radical (unpaired) electrons. The highest BCUT2D eigenvalue weighted by Gasteiger charge is 2.23. The lowest BCUT2D eigenvalue weighted by Gasteiger charge is -2.19. The zero-order valence-corrected chi connectivity index (χ0v) is 17.4. The second kappa shape index (κ2) is 14.6. The summed E-state index contributed by atoms with van der Waals surface area (Å²) in [5, 5.41) is 0.834. The molecule has 146 valence electrons. The van der Waals surface area contributed by atoms with Crippen LogP contribution in [0.25, 0.3) is 0 Å². The highest BCUT2D eigenvalue weighted by molar-refractivity contribution is 7.99. The van der Waals surface area contributed by atoms with E-state index < -0.39 is 0 Å². The van der Waals surface area contributed by atoms with Crippen molar-refractivity contribution in [1.29, 1.82) is 0 Å². The molecule has 1 rings (SSSR count). The summed E-state index contributed by atoms with van der Waals surface area (Å²) in [6.45, 7) is 5.19. The van der Waals surface area contributed by atoms with E-state index in [1.54, 1.807) is 0 Å². The predicted octanol–water partition coefficient (Wildman–Crippen LogP) is 5.96. The van der Waals surface area contributed by atoms with Gasteiger partial charge in [-0.15, -0.1) is 0 Å². The molecule has 0 N–H and O–H groups in total. The van der Waals surface area contributed by atoms with Crippen molar-refractivity contribution < 1.29 is 9.59 Å². The first-order valence-electron chi connectivity index (χ1n) is 10.6. The molecule has 0 aliphatic carbocycles. The summed E-state index contributed by atoms with van der Waals surface area (Å²) in [4.78, 5) is 25.4. The molecule has 0 saturated carbocycles. The van der Waals surface area contributed by atoms with Crippen LogP contribution in [-0.4, -0.2) is 34.3 Å². The van der Waals surface area contributed by atoms with Crippen molar-refractivity contribution in [3.63, 3.8) is 0 Å². The van der Waals surface area contributed by atoms with E-state index in [1.165, 1.54) is 62.0 Å². The molecular formula is C21H39NO2S. The Morgan fingerprint density at radius 1 is 0.840 bits per heavy atom. The minimum Gasteiger partial charge on any atom is -0.283 e. The first-order valence-corrected chi connectivity index (χ1v) is 11.7. The van der Waals surface area contributed by atoms with E-state index in [0.717, 1.165) is 30.9 Å². The number of carbonyl (C=O) groups excluding carboxylic acids is 2. The van der Waals surface area contributed by atoms with Gasteiger partial charge in [0.25, 0.3) is 0 Å². The van der Waals surface area contributed by atoms with Crippen molar-refractivity contribution in [3.8, 4) is 0 Å². The fraction of sp³-hybridized carbons (Fsp3) is 0.905. The maximum absolute atomic E-state index is 12.0. The van der Waals surface area contributed by atoms with Gasteiger partial charge in [-0.25, -0.2) is 0 Å². The number of amides is 2. The summed E-state index contributed by atoms with van der Waals surface area (Å²) >= 11 is 2.15. The van der Waals surface area contributed by atoms with Crippen LogP contribution in [0.1, 0.15) is 104 Å². The number of thioether (sulfide) groups is 1. The summed E-state index contributed by atoms with van der Waals surface area (Å²) in [5.74, 6) is 1.32. The molecule has 0 aromatic heterocycles. The molecule has 3 nitrogen and oxygen atoms in total. The normalized spacial score (nSPS) is 17.0.